The van der Waals surface area contributed by atoms with E-state index in [-0.39, 0.29) is 18.2 Å². The second-order valence-corrected chi connectivity index (χ2v) is 6.40. The number of amides is 2. The van der Waals surface area contributed by atoms with E-state index in [0.29, 0.717) is 12.5 Å². The number of nitrogens with one attached hydrogen (secondary N) is 1. The maximum absolute atomic E-state index is 12.8. The van der Waals surface area contributed by atoms with Crippen LogP contribution in [-0.4, -0.2) is 36.3 Å². The Morgan fingerprint density at radius 2 is 2.05 bits per heavy atom. The molecule has 2 amide bonds. The second kappa shape index (κ2) is 5.60. The smallest absolute Gasteiger partial charge is 0.240 e. The third kappa shape index (κ3) is 2.60. The lowest BCUT2D eigenvalue weighted by Gasteiger charge is -2.28. The number of hydrogen-bond acceptors (Lipinski definition) is 3. The van der Waals surface area contributed by atoms with Gasteiger partial charge in [-0.1, -0.05) is 30.3 Å². The van der Waals surface area contributed by atoms with Gasteiger partial charge in [0.05, 0.1) is 5.41 Å². The predicted octanol–water partition coefficient (Wildman–Crippen LogP) is 1.70. The Kier molecular flexibility index (Phi) is 3.81. The molecule has 1 aromatic rings. The number of carbonyl (C=O) groups is 2. The Morgan fingerprint density at radius 3 is 2.71 bits per heavy atom. The number of benzene rings is 1. The maximum atomic E-state index is 12.8. The summed E-state index contributed by atoms with van der Waals surface area (Å²) in [6.07, 6.45) is 2.50. The molecule has 2 aliphatic heterocycles. The lowest BCUT2D eigenvalue weighted by atomic mass is 9.81. The third-order valence-corrected chi connectivity index (χ3v) is 4.77. The molecule has 0 radical (unpaired) electrons. The molecule has 21 heavy (non-hydrogen) atoms. The van der Waals surface area contributed by atoms with Crippen molar-refractivity contribution in [2.24, 2.45) is 5.92 Å². The fourth-order valence-corrected chi connectivity index (χ4v) is 3.44. The first-order chi connectivity index (χ1) is 10.1. The highest BCUT2D eigenvalue weighted by atomic mass is 16.2. The monoisotopic (exact) mass is 286 g/mol. The summed E-state index contributed by atoms with van der Waals surface area (Å²) in [4.78, 5) is 26.6. The molecule has 2 fully saturated rings. The van der Waals surface area contributed by atoms with Crippen molar-refractivity contribution >= 4 is 11.8 Å². The molecule has 2 unspecified atom stereocenters. The van der Waals surface area contributed by atoms with E-state index >= 15 is 0 Å². The van der Waals surface area contributed by atoms with E-state index in [1.54, 1.807) is 0 Å². The summed E-state index contributed by atoms with van der Waals surface area (Å²) in [6, 6.07) is 9.66. The molecule has 0 saturated carbocycles. The van der Waals surface area contributed by atoms with Gasteiger partial charge in [0.25, 0.3) is 0 Å². The Hall–Kier alpha value is -1.68. The molecule has 0 aromatic heterocycles. The topological polar surface area (TPSA) is 49.4 Å². The SMILES string of the molecule is CC1(c2ccccc2)CC(=O)N(CC2CCCNC2)C1=O. The molecule has 4 nitrogen and oxygen atoms in total. The zero-order valence-corrected chi connectivity index (χ0v) is 12.5. The van der Waals surface area contributed by atoms with Crippen LogP contribution in [0.25, 0.3) is 0 Å². The van der Waals surface area contributed by atoms with Crippen LogP contribution in [0.2, 0.25) is 0 Å². The number of nitrogens with zero attached hydrogens (tertiary/aromatic N) is 1. The van der Waals surface area contributed by atoms with Crippen molar-refractivity contribution in [1.29, 1.82) is 0 Å². The minimum absolute atomic E-state index is 0.0306. The number of imide groups is 1. The van der Waals surface area contributed by atoms with E-state index in [1.165, 1.54) is 4.90 Å². The fraction of sp³-hybridized carbons (Fsp3) is 0.529. The molecule has 2 heterocycles. The minimum Gasteiger partial charge on any atom is -0.316 e. The van der Waals surface area contributed by atoms with E-state index < -0.39 is 5.41 Å². The van der Waals surface area contributed by atoms with Crippen molar-refractivity contribution in [2.45, 2.75) is 31.6 Å². The van der Waals surface area contributed by atoms with Gasteiger partial charge in [-0.05, 0) is 44.3 Å². The van der Waals surface area contributed by atoms with Crippen LogP contribution in [-0.2, 0) is 15.0 Å². The first-order valence-electron chi connectivity index (χ1n) is 7.72. The first-order valence-corrected chi connectivity index (χ1v) is 7.72. The van der Waals surface area contributed by atoms with Gasteiger partial charge >= 0.3 is 0 Å². The van der Waals surface area contributed by atoms with E-state index in [2.05, 4.69) is 5.32 Å². The van der Waals surface area contributed by atoms with Gasteiger partial charge in [-0.15, -0.1) is 0 Å². The van der Waals surface area contributed by atoms with Crippen LogP contribution in [0.1, 0.15) is 31.7 Å². The molecule has 1 aromatic carbocycles. The molecule has 0 aliphatic carbocycles. The van der Waals surface area contributed by atoms with Gasteiger partial charge in [0, 0.05) is 13.0 Å². The Labute approximate surface area is 125 Å². The highest BCUT2D eigenvalue weighted by Gasteiger charge is 2.49. The summed E-state index contributed by atoms with van der Waals surface area (Å²) in [5.74, 6) is 0.325. The second-order valence-electron chi connectivity index (χ2n) is 6.40. The van der Waals surface area contributed by atoms with Crippen LogP contribution in [0, 0.1) is 5.92 Å². The highest BCUT2D eigenvalue weighted by molar-refractivity contribution is 6.08. The Bertz CT molecular complexity index is 537. The molecule has 4 heteroatoms. The maximum Gasteiger partial charge on any atom is 0.240 e. The molecule has 2 aliphatic rings. The normalized spacial score (nSPS) is 30.0. The van der Waals surface area contributed by atoms with Crippen molar-refractivity contribution in [3.8, 4) is 0 Å². The van der Waals surface area contributed by atoms with Crippen LogP contribution in [0.3, 0.4) is 0 Å². The van der Waals surface area contributed by atoms with Gasteiger partial charge in [-0.2, -0.15) is 0 Å². The molecule has 1 N–H and O–H groups in total. The zero-order valence-electron chi connectivity index (χ0n) is 12.5. The number of hydrogen-bond donors (Lipinski definition) is 1. The number of likely N-dealkylation sites (tertiary alicyclic amines) is 1. The lowest BCUT2D eigenvalue weighted by Crippen LogP contribution is -2.43. The van der Waals surface area contributed by atoms with E-state index in [1.807, 2.05) is 37.3 Å². The van der Waals surface area contributed by atoms with Crippen molar-refractivity contribution in [3.05, 3.63) is 35.9 Å². The number of rotatable bonds is 3. The largest absolute Gasteiger partial charge is 0.316 e. The molecule has 2 saturated heterocycles. The highest BCUT2D eigenvalue weighted by Crippen LogP contribution is 2.36. The number of piperidine rings is 1. The van der Waals surface area contributed by atoms with Gasteiger partial charge in [0.2, 0.25) is 11.8 Å². The summed E-state index contributed by atoms with van der Waals surface area (Å²) in [5, 5.41) is 3.34. The minimum atomic E-state index is -0.694. The Morgan fingerprint density at radius 1 is 1.29 bits per heavy atom. The van der Waals surface area contributed by atoms with Gasteiger partial charge in [-0.3, -0.25) is 14.5 Å². The van der Waals surface area contributed by atoms with E-state index in [9.17, 15) is 9.59 Å². The van der Waals surface area contributed by atoms with Gasteiger partial charge in [-0.25, -0.2) is 0 Å². The molecule has 112 valence electrons. The summed E-state index contributed by atoms with van der Waals surface area (Å²) in [5.41, 5.74) is 0.244. The molecule has 0 bridgehead atoms. The van der Waals surface area contributed by atoms with Gasteiger partial charge in [0.1, 0.15) is 0 Å². The summed E-state index contributed by atoms with van der Waals surface area (Å²) in [7, 11) is 0. The standard InChI is InChI=1S/C17H22N2O2/c1-17(14-7-3-2-4-8-14)10-15(20)19(16(17)21)12-13-6-5-9-18-11-13/h2-4,7-8,13,18H,5-6,9-12H2,1H3. The van der Waals surface area contributed by atoms with Crippen LogP contribution < -0.4 is 5.32 Å². The van der Waals surface area contributed by atoms with Crippen molar-refractivity contribution < 1.29 is 9.59 Å². The predicted molar refractivity (Wildman–Crippen MR) is 80.7 cm³/mol. The van der Waals surface area contributed by atoms with Crippen molar-refractivity contribution in [3.63, 3.8) is 0 Å². The average molecular weight is 286 g/mol. The molecule has 3 rings (SSSR count). The average Bonchev–Trinajstić information content (AvgIpc) is 2.74. The van der Waals surface area contributed by atoms with E-state index in [4.69, 9.17) is 0 Å². The van der Waals surface area contributed by atoms with Crippen LogP contribution in [0.4, 0.5) is 0 Å². The summed E-state index contributed by atoms with van der Waals surface area (Å²) < 4.78 is 0. The van der Waals surface area contributed by atoms with Crippen molar-refractivity contribution in [1.82, 2.24) is 10.2 Å². The molecular formula is C17H22N2O2. The van der Waals surface area contributed by atoms with Gasteiger partial charge < -0.3 is 5.32 Å². The van der Waals surface area contributed by atoms with Gasteiger partial charge in [0.15, 0.2) is 0 Å². The van der Waals surface area contributed by atoms with Crippen LogP contribution in [0.15, 0.2) is 30.3 Å². The van der Waals surface area contributed by atoms with Crippen molar-refractivity contribution in [2.75, 3.05) is 19.6 Å². The quantitative estimate of drug-likeness (QED) is 0.861. The zero-order chi connectivity index (χ0) is 14.9. The molecule has 2 atom stereocenters. The lowest BCUT2D eigenvalue weighted by molar-refractivity contribution is -0.140. The third-order valence-electron chi connectivity index (χ3n) is 4.77. The number of carbonyl (C=O) groups excluding carboxylic acids is 2. The Balaban J connectivity index is 1.78. The fourth-order valence-electron chi connectivity index (χ4n) is 3.44. The summed E-state index contributed by atoms with van der Waals surface area (Å²) >= 11 is 0. The molecule has 0 spiro atoms. The summed E-state index contributed by atoms with van der Waals surface area (Å²) in [6.45, 7) is 4.40. The van der Waals surface area contributed by atoms with Crippen LogP contribution >= 0.6 is 0 Å². The molecular weight excluding hydrogens is 264 g/mol. The van der Waals surface area contributed by atoms with Crippen LogP contribution in [0.5, 0.6) is 0 Å². The first kappa shape index (κ1) is 14.3. The van der Waals surface area contributed by atoms with E-state index in [0.717, 1.165) is 31.5 Å².